The summed E-state index contributed by atoms with van der Waals surface area (Å²) in [6.45, 7) is 0. The average molecular weight is 190 g/mol. The Morgan fingerprint density at radius 3 is 1.93 bits per heavy atom. The van der Waals surface area contributed by atoms with Crippen molar-refractivity contribution in [1.82, 2.24) is 0 Å². The summed E-state index contributed by atoms with van der Waals surface area (Å²) < 4.78 is 9.78. The Balaban J connectivity index is 0.00000169. The van der Waals surface area contributed by atoms with Crippen LogP contribution in [0.3, 0.4) is 0 Å². The van der Waals surface area contributed by atoms with Gasteiger partial charge >= 0.3 is 24.8 Å². The zero-order chi connectivity index (χ0) is 9.84. The van der Waals surface area contributed by atoms with Crippen molar-refractivity contribution in [3.05, 3.63) is 23.8 Å². The van der Waals surface area contributed by atoms with Crippen molar-refractivity contribution in [3.63, 3.8) is 0 Å². The number of rotatable bonds is 3. The van der Waals surface area contributed by atoms with E-state index in [2.05, 4.69) is 0 Å². The first-order chi connectivity index (χ1) is 6.20. The standard InChI is InChI=1S/C9H10O4.Li.H/c1-12-6-4-3-5-7(13-2)8(6)9(10)11;;/h3-5H,1-2H3,(H,10,11);;. The molecule has 0 unspecified atom stereocenters. The van der Waals surface area contributed by atoms with Gasteiger partial charge in [0, 0.05) is 0 Å². The van der Waals surface area contributed by atoms with Crippen LogP contribution >= 0.6 is 0 Å². The van der Waals surface area contributed by atoms with Crippen LogP contribution in [0.1, 0.15) is 10.4 Å². The molecule has 0 amide bonds. The molecule has 1 rings (SSSR count). The number of methoxy groups -OCH3 is 2. The van der Waals surface area contributed by atoms with Gasteiger partial charge in [-0.1, -0.05) is 6.07 Å². The first-order valence-corrected chi connectivity index (χ1v) is 3.65. The molecular formula is C9H11LiO4. The molecule has 0 saturated carbocycles. The minimum atomic E-state index is -1.06. The molecule has 0 aromatic heterocycles. The van der Waals surface area contributed by atoms with Crippen LogP contribution in [-0.2, 0) is 0 Å². The summed E-state index contributed by atoms with van der Waals surface area (Å²) in [7, 11) is 2.84. The van der Waals surface area contributed by atoms with Gasteiger partial charge in [0.05, 0.1) is 14.2 Å². The van der Waals surface area contributed by atoms with E-state index in [1.807, 2.05) is 0 Å². The Morgan fingerprint density at radius 1 is 1.21 bits per heavy atom. The molecule has 4 nitrogen and oxygen atoms in total. The van der Waals surface area contributed by atoms with E-state index >= 15 is 0 Å². The van der Waals surface area contributed by atoms with Crippen LogP contribution in [0.5, 0.6) is 11.5 Å². The first kappa shape index (κ1) is 12.9. The molecule has 0 spiro atoms. The summed E-state index contributed by atoms with van der Waals surface area (Å²) in [5, 5.41) is 8.85. The van der Waals surface area contributed by atoms with E-state index in [1.165, 1.54) is 14.2 Å². The third-order valence-corrected chi connectivity index (χ3v) is 1.64. The predicted molar refractivity (Wildman–Crippen MR) is 53.7 cm³/mol. The van der Waals surface area contributed by atoms with Gasteiger partial charge in [-0.05, 0) is 12.1 Å². The van der Waals surface area contributed by atoms with E-state index in [4.69, 9.17) is 14.6 Å². The topological polar surface area (TPSA) is 55.8 Å². The molecule has 0 atom stereocenters. The van der Waals surface area contributed by atoms with E-state index in [0.717, 1.165) is 0 Å². The number of carboxylic acid groups (broad SMARTS) is 1. The number of carboxylic acids is 1. The molecular weight excluding hydrogens is 179 g/mol. The van der Waals surface area contributed by atoms with Gasteiger partial charge in [0.2, 0.25) is 0 Å². The fourth-order valence-corrected chi connectivity index (χ4v) is 1.06. The van der Waals surface area contributed by atoms with Crippen LogP contribution in [0.4, 0.5) is 0 Å². The van der Waals surface area contributed by atoms with E-state index in [1.54, 1.807) is 18.2 Å². The summed E-state index contributed by atoms with van der Waals surface area (Å²) in [6.07, 6.45) is 0. The quantitative estimate of drug-likeness (QED) is 0.714. The van der Waals surface area contributed by atoms with E-state index in [0.29, 0.717) is 11.5 Å². The van der Waals surface area contributed by atoms with Gasteiger partial charge < -0.3 is 14.6 Å². The number of carbonyl (C=O) groups is 1. The van der Waals surface area contributed by atoms with Crippen molar-refractivity contribution >= 4 is 24.8 Å². The average Bonchev–Trinajstić information content (AvgIpc) is 2.16. The predicted octanol–water partition coefficient (Wildman–Crippen LogP) is 0.753. The third-order valence-electron chi connectivity index (χ3n) is 1.64. The Hall–Kier alpha value is -1.11. The van der Waals surface area contributed by atoms with E-state index in [-0.39, 0.29) is 24.4 Å². The van der Waals surface area contributed by atoms with Crippen molar-refractivity contribution in [2.24, 2.45) is 0 Å². The fraction of sp³-hybridized carbons (Fsp3) is 0.222. The Labute approximate surface area is 94.0 Å². The van der Waals surface area contributed by atoms with Crippen LogP contribution in [0.15, 0.2) is 18.2 Å². The molecule has 14 heavy (non-hydrogen) atoms. The van der Waals surface area contributed by atoms with Crippen molar-refractivity contribution in [3.8, 4) is 11.5 Å². The minimum absolute atomic E-state index is 0. The number of ether oxygens (including phenoxy) is 2. The molecule has 0 radical (unpaired) electrons. The molecule has 0 aliphatic heterocycles. The normalized spacial score (nSPS) is 8.71. The third kappa shape index (κ3) is 2.44. The summed E-state index contributed by atoms with van der Waals surface area (Å²) in [5.41, 5.74) is 0.0486. The number of benzene rings is 1. The molecule has 1 N–H and O–H groups in total. The van der Waals surface area contributed by atoms with Gasteiger partial charge in [-0.2, -0.15) is 0 Å². The molecule has 0 fully saturated rings. The summed E-state index contributed by atoms with van der Waals surface area (Å²) in [4.78, 5) is 10.8. The zero-order valence-corrected chi connectivity index (χ0v) is 7.40. The molecule has 72 valence electrons. The molecule has 0 aliphatic rings. The molecule has 5 heteroatoms. The van der Waals surface area contributed by atoms with E-state index in [9.17, 15) is 4.79 Å². The molecule has 0 aliphatic carbocycles. The van der Waals surface area contributed by atoms with Gasteiger partial charge in [-0.25, -0.2) is 4.79 Å². The number of hydrogen-bond donors (Lipinski definition) is 1. The van der Waals surface area contributed by atoms with Crippen molar-refractivity contribution < 1.29 is 19.4 Å². The fourth-order valence-electron chi connectivity index (χ4n) is 1.06. The number of hydrogen-bond acceptors (Lipinski definition) is 3. The maximum absolute atomic E-state index is 10.8. The van der Waals surface area contributed by atoms with Crippen LogP contribution in [0.2, 0.25) is 0 Å². The first-order valence-electron chi connectivity index (χ1n) is 3.65. The van der Waals surface area contributed by atoms with E-state index < -0.39 is 5.97 Å². The molecule has 0 bridgehead atoms. The van der Waals surface area contributed by atoms with Crippen LogP contribution in [-0.4, -0.2) is 44.2 Å². The summed E-state index contributed by atoms with van der Waals surface area (Å²) in [5.74, 6) is -0.465. The van der Waals surface area contributed by atoms with Gasteiger partial charge in [-0.3, -0.25) is 0 Å². The second kappa shape index (κ2) is 5.58. The zero-order valence-electron chi connectivity index (χ0n) is 7.40. The Kier molecular flexibility index (Phi) is 5.14. The second-order valence-electron chi connectivity index (χ2n) is 2.34. The van der Waals surface area contributed by atoms with Crippen molar-refractivity contribution in [2.45, 2.75) is 0 Å². The Bertz CT molecular complexity index is 302. The summed E-state index contributed by atoms with van der Waals surface area (Å²) in [6, 6.07) is 4.82. The monoisotopic (exact) mass is 190 g/mol. The van der Waals surface area contributed by atoms with Crippen molar-refractivity contribution in [2.75, 3.05) is 14.2 Å². The number of aromatic carboxylic acids is 1. The maximum atomic E-state index is 10.8. The SMILES string of the molecule is COc1cccc(OC)c1C(=O)O.[LiH]. The molecule has 0 saturated heterocycles. The Morgan fingerprint density at radius 2 is 1.64 bits per heavy atom. The molecule has 1 aromatic rings. The van der Waals surface area contributed by atoms with Crippen molar-refractivity contribution in [1.29, 1.82) is 0 Å². The molecule has 1 aromatic carbocycles. The van der Waals surface area contributed by atoms with Crippen LogP contribution < -0.4 is 9.47 Å². The van der Waals surface area contributed by atoms with Gasteiger partial charge in [-0.15, -0.1) is 0 Å². The van der Waals surface area contributed by atoms with Gasteiger partial charge in [0.15, 0.2) is 0 Å². The second-order valence-corrected chi connectivity index (χ2v) is 2.34. The van der Waals surface area contributed by atoms with Crippen LogP contribution in [0, 0.1) is 0 Å². The van der Waals surface area contributed by atoms with Crippen LogP contribution in [0.25, 0.3) is 0 Å². The van der Waals surface area contributed by atoms with Gasteiger partial charge in [0.1, 0.15) is 17.1 Å². The summed E-state index contributed by atoms with van der Waals surface area (Å²) >= 11 is 0. The molecule has 0 heterocycles. The van der Waals surface area contributed by atoms with Gasteiger partial charge in [0.25, 0.3) is 0 Å².